The van der Waals surface area contributed by atoms with Gasteiger partial charge in [-0.3, -0.25) is 4.79 Å². The van der Waals surface area contributed by atoms with E-state index in [9.17, 15) is 4.79 Å². The van der Waals surface area contributed by atoms with E-state index < -0.39 is 11.4 Å². The number of amides is 1. The number of carbonyl (C=O) groups excluding carboxylic acids is 1. The second-order valence-electron chi connectivity index (χ2n) is 5.16. The summed E-state index contributed by atoms with van der Waals surface area (Å²) in [6.07, 6.45) is 1.25. The first-order valence-electron chi connectivity index (χ1n) is 6.17. The van der Waals surface area contributed by atoms with E-state index in [1.54, 1.807) is 32.0 Å². The summed E-state index contributed by atoms with van der Waals surface area (Å²) in [5.74, 6) is -0.162. The number of rotatable bonds is 4. The quantitative estimate of drug-likeness (QED) is 0.903. The van der Waals surface area contributed by atoms with Crippen molar-refractivity contribution in [2.45, 2.75) is 19.4 Å². The van der Waals surface area contributed by atoms with E-state index in [-0.39, 0.29) is 18.2 Å². The Kier molecular flexibility index (Phi) is 4.56. The van der Waals surface area contributed by atoms with Crippen molar-refractivity contribution in [3.8, 4) is 11.5 Å². The topological polar surface area (TPSA) is 75.4 Å². The van der Waals surface area contributed by atoms with Crippen LogP contribution in [0.15, 0.2) is 28.9 Å². The number of benzene rings is 1. The van der Waals surface area contributed by atoms with E-state index in [0.717, 1.165) is 0 Å². The molecule has 5 nitrogen and oxygen atoms in total. The molecule has 2 N–H and O–H groups in total. The number of nitrogens with one attached hydrogen (secondary N) is 1. The third-order valence-electron chi connectivity index (χ3n) is 2.75. The second kappa shape index (κ2) is 6.05. The number of hydrogen-bond donors (Lipinski definition) is 2. The Hall–Kier alpha value is -1.56. The predicted molar refractivity (Wildman–Crippen MR) is 80.6 cm³/mol. The molecule has 0 atom stereocenters. The van der Waals surface area contributed by atoms with Crippen LogP contribution in [0.4, 0.5) is 0 Å². The average molecular weight is 329 g/mol. The Morgan fingerprint density at radius 1 is 1.38 bits per heavy atom. The number of nitrogens with zero attached hydrogens (tertiary/aromatic N) is 1. The van der Waals surface area contributed by atoms with Gasteiger partial charge in [0.15, 0.2) is 5.69 Å². The molecule has 0 aliphatic heterocycles. The number of aliphatic hydroxyl groups is 1. The van der Waals surface area contributed by atoms with Crippen molar-refractivity contribution in [2.75, 3.05) is 6.61 Å². The molecule has 7 heteroatoms. The van der Waals surface area contributed by atoms with Gasteiger partial charge in [-0.15, -0.1) is 0 Å². The van der Waals surface area contributed by atoms with Crippen LogP contribution in [-0.2, 0) is 0 Å². The summed E-state index contributed by atoms with van der Waals surface area (Å²) in [5.41, 5.74) is 0.00206. The van der Waals surface area contributed by atoms with E-state index >= 15 is 0 Å². The summed E-state index contributed by atoms with van der Waals surface area (Å²) < 4.78 is 5.28. The van der Waals surface area contributed by atoms with Crippen LogP contribution in [0.2, 0.25) is 10.0 Å². The van der Waals surface area contributed by atoms with Gasteiger partial charge < -0.3 is 14.8 Å². The third-order valence-corrected chi connectivity index (χ3v) is 3.49. The fraction of sp³-hybridized carbons (Fsp3) is 0.286. The fourth-order valence-corrected chi connectivity index (χ4v) is 1.85. The molecule has 0 unspecified atom stereocenters. The minimum absolute atomic E-state index is 0.123. The highest BCUT2D eigenvalue weighted by Crippen LogP contribution is 2.28. The summed E-state index contributed by atoms with van der Waals surface area (Å²) in [6.45, 7) is 3.21. The molecule has 1 aromatic heterocycles. The molecular formula is C14H14Cl2N2O3. The van der Waals surface area contributed by atoms with Gasteiger partial charge in [0.05, 0.1) is 22.2 Å². The molecule has 1 aromatic carbocycles. The van der Waals surface area contributed by atoms with Gasteiger partial charge in [-0.1, -0.05) is 23.2 Å². The predicted octanol–water partition coefficient (Wildman–Crippen LogP) is 3.15. The van der Waals surface area contributed by atoms with Gasteiger partial charge >= 0.3 is 0 Å². The molecule has 1 heterocycles. The number of hydrogen-bond acceptors (Lipinski definition) is 4. The summed E-state index contributed by atoms with van der Waals surface area (Å²) in [4.78, 5) is 16.1. The van der Waals surface area contributed by atoms with Crippen LogP contribution >= 0.6 is 23.2 Å². The molecular weight excluding hydrogens is 315 g/mol. The van der Waals surface area contributed by atoms with Crippen LogP contribution in [0.3, 0.4) is 0 Å². The zero-order valence-corrected chi connectivity index (χ0v) is 13.0. The fourth-order valence-electron chi connectivity index (χ4n) is 1.55. The van der Waals surface area contributed by atoms with E-state index in [1.165, 1.54) is 6.26 Å². The van der Waals surface area contributed by atoms with Gasteiger partial charge in [0, 0.05) is 5.56 Å². The number of aliphatic hydroxyl groups excluding tert-OH is 1. The molecule has 0 bridgehead atoms. The minimum atomic E-state index is -0.736. The van der Waals surface area contributed by atoms with Gasteiger partial charge in [0.2, 0.25) is 5.89 Å². The molecule has 0 aliphatic rings. The Morgan fingerprint density at radius 2 is 2.10 bits per heavy atom. The van der Waals surface area contributed by atoms with Crippen molar-refractivity contribution in [3.05, 3.63) is 40.2 Å². The van der Waals surface area contributed by atoms with Crippen molar-refractivity contribution < 1.29 is 14.3 Å². The van der Waals surface area contributed by atoms with E-state index in [1.807, 2.05) is 0 Å². The average Bonchev–Trinajstić information content (AvgIpc) is 2.91. The molecule has 2 rings (SSSR count). The monoisotopic (exact) mass is 328 g/mol. The van der Waals surface area contributed by atoms with Gasteiger partial charge in [-0.2, -0.15) is 0 Å². The highest BCUT2D eigenvalue weighted by Gasteiger charge is 2.22. The Balaban J connectivity index is 2.21. The maximum Gasteiger partial charge on any atom is 0.273 e. The summed E-state index contributed by atoms with van der Waals surface area (Å²) >= 11 is 11.8. The number of halogens is 2. The van der Waals surface area contributed by atoms with Gasteiger partial charge in [0.1, 0.15) is 6.26 Å². The zero-order valence-electron chi connectivity index (χ0n) is 11.5. The third kappa shape index (κ3) is 3.75. The van der Waals surface area contributed by atoms with E-state index in [0.29, 0.717) is 15.6 Å². The van der Waals surface area contributed by atoms with Crippen molar-refractivity contribution >= 4 is 29.1 Å². The molecule has 0 saturated carbocycles. The lowest BCUT2D eigenvalue weighted by Gasteiger charge is -2.22. The SMILES string of the molecule is CC(C)(CO)NC(=O)c1coc(-c2ccc(Cl)c(Cl)c2)n1. The van der Waals surface area contributed by atoms with Gasteiger partial charge in [-0.25, -0.2) is 4.98 Å². The maximum atomic E-state index is 12.0. The van der Waals surface area contributed by atoms with Crippen molar-refractivity contribution in [1.82, 2.24) is 10.3 Å². The molecule has 21 heavy (non-hydrogen) atoms. The van der Waals surface area contributed by atoms with Crippen LogP contribution in [0, 0.1) is 0 Å². The van der Waals surface area contributed by atoms with Crippen LogP contribution in [0.5, 0.6) is 0 Å². The molecule has 0 saturated heterocycles. The Morgan fingerprint density at radius 3 is 2.71 bits per heavy atom. The molecule has 0 radical (unpaired) electrons. The van der Waals surface area contributed by atoms with Crippen molar-refractivity contribution in [1.29, 1.82) is 0 Å². The van der Waals surface area contributed by atoms with E-state index in [4.69, 9.17) is 32.7 Å². The second-order valence-corrected chi connectivity index (χ2v) is 5.98. The molecule has 0 spiro atoms. The largest absolute Gasteiger partial charge is 0.444 e. The smallest absolute Gasteiger partial charge is 0.273 e. The standard InChI is InChI=1S/C14H14Cl2N2O3/c1-14(2,7-19)18-12(20)11-6-21-13(17-11)8-3-4-9(15)10(16)5-8/h3-6,19H,7H2,1-2H3,(H,18,20). The summed E-state index contributed by atoms with van der Waals surface area (Å²) in [7, 11) is 0. The number of carbonyl (C=O) groups is 1. The molecule has 2 aromatic rings. The lowest BCUT2D eigenvalue weighted by atomic mass is 10.1. The lowest BCUT2D eigenvalue weighted by molar-refractivity contribution is 0.0864. The highest BCUT2D eigenvalue weighted by atomic mass is 35.5. The highest BCUT2D eigenvalue weighted by molar-refractivity contribution is 6.42. The molecule has 0 fully saturated rings. The normalized spacial score (nSPS) is 11.5. The van der Waals surface area contributed by atoms with Crippen molar-refractivity contribution in [2.24, 2.45) is 0 Å². The van der Waals surface area contributed by atoms with Crippen LogP contribution in [0.1, 0.15) is 24.3 Å². The van der Waals surface area contributed by atoms with Crippen LogP contribution in [0.25, 0.3) is 11.5 Å². The number of aromatic nitrogens is 1. The Bertz CT molecular complexity index is 668. The first-order valence-corrected chi connectivity index (χ1v) is 6.92. The molecule has 0 aliphatic carbocycles. The molecule has 112 valence electrons. The molecule has 1 amide bonds. The zero-order chi connectivity index (χ0) is 15.6. The lowest BCUT2D eigenvalue weighted by Crippen LogP contribution is -2.46. The Labute approximate surface area is 131 Å². The summed E-state index contributed by atoms with van der Waals surface area (Å²) in [5, 5.41) is 12.6. The van der Waals surface area contributed by atoms with Gasteiger partial charge in [-0.05, 0) is 32.0 Å². The summed E-state index contributed by atoms with van der Waals surface area (Å²) in [6, 6.07) is 4.92. The maximum absolute atomic E-state index is 12.0. The first-order chi connectivity index (χ1) is 9.82. The van der Waals surface area contributed by atoms with Crippen LogP contribution in [-0.4, -0.2) is 28.1 Å². The van der Waals surface area contributed by atoms with Gasteiger partial charge in [0.25, 0.3) is 5.91 Å². The first kappa shape index (κ1) is 15.8. The minimum Gasteiger partial charge on any atom is -0.444 e. The van der Waals surface area contributed by atoms with Crippen molar-refractivity contribution in [3.63, 3.8) is 0 Å². The van der Waals surface area contributed by atoms with Crippen LogP contribution < -0.4 is 5.32 Å². The van der Waals surface area contributed by atoms with E-state index in [2.05, 4.69) is 10.3 Å². The number of oxazole rings is 1.